The second kappa shape index (κ2) is 9.55. The van der Waals surface area contributed by atoms with Crippen molar-refractivity contribution in [1.82, 2.24) is 0 Å². The molecule has 6 atom stereocenters. The Morgan fingerprint density at radius 3 is 2.54 bits per heavy atom. The maximum atomic E-state index is 14.3. The summed E-state index contributed by atoms with van der Waals surface area (Å²) < 4.78 is 22.3. The zero-order chi connectivity index (χ0) is 28.1. The molecule has 39 heavy (non-hydrogen) atoms. The van der Waals surface area contributed by atoms with Crippen LogP contribution in [0.25, 0.3) is 0 Å². The molecule has 2 aliphatic carbocycles. The van der Waals surface area contributed by atoms with Crippen LogP contribution in [0.5, 0.6) is 0 Å². The molecule has 9 heteroatoms. The second-order valence-corrected chi connectivity index (χ2v) is 11.1. The smallest absolute Gasteiger partial charge is 0.343 e. The van der Waals surface area contributed by atoms with Gasteiger partial charge in [0.2, 0.25) is 11.7 Å². The molecule has 2 N–H and O–H groups in total. The van der Waals surface area contributed by atoms with E-state index >= 15 is 0 Å². The van der Waals surface area contributed by atoms with Gasteiger partial charge >= 0.3 is 11.9 Å². The Balaban J connectivity index is 1.56. The maximum Gasteiger partial charge on any atom is 0.343 e. The normalized spacial score (nSPS) is 31.7. The Kier molecular flexibility index (Phi) is 6.48. The quantitative estimate of drug-likeness (QED) is 0.555. The molecule has 2 heterocycles. The number of furan rings is 1. The summed E-state index contributed by atoms with van der Waals surface area (Å²) in [5.74, 6) is -3.75. The second-order valence-electron chi connectivity index (χ2n) is 11.1. The van der Waals surface area contributed by atoms with Crippen molar-refractivity contribution in [3.05, 3.63) is 83.7 Å². The predicted molar refractivity (Wildman–Crippen MR) is 138 cm³/mol. The molecule has 0 spiro atoms. The van der Waals surface area contributed by atoms with Crippen LogP contribution in [0.1, 0.15) is 65.5 Å². The number of hydrogen-bond donors (Lipinski definition) is 1. The number of amides is 1. The zero-order valence-electron chi connectivity index (χ0n) is 22.1. The van der Waals surface area contributed by atoms with E-state index in [4.69, 9.17) is 24.4 Å². The third-order valence-corrected chi connectivity index (χ3v) is 8.88. The van der Waals surface area contributed by atoms with E-state index in [1.54, 1.807) is 12.5 Å². The standard InChI is InChI=1S/C30H31NO8/c1-16-20-8-10-29(2)21(28(35)36-4)13-22(39-27(34)18-7-5-6-17(12-18)26(31)33)24(32)25(29)30(20,3)14-23(38-16)19-9-11-37-15-19/h5-7,9,11-13,15,20-21,23,25H,1,8,10,14H2,2-4H3,(H2,31,33)/t20-,21-,23-,25-,29-,30-/m0/s1. The van der Waals surface area contributed by atoms with Gasteiger partial charge in [-0.15, -0.1) is 0 Å². The van der Waals surface area contributed by atoms with Crippen molar-refractivity contribution in [2.75, 3.05) is 7.11 Å². The summed E-state index contributed by atoms with van der Waals surface area (Å²) >= 11 is 0. The van der Waals surface area contributed by atoms with Crippen LogP contribution in [-0.4, -0.2) is 30.7 Å². The van der Waals surface area contributed by atoms with Gasteiger partial charge in [-0.05, 0) is 60.4 Å². The van der Waals surface area contributed by atoms with Gasteiger partial charge in [-0.1, -0.05) is 26.5 Å². The number of benzene rings is 1. The number of Topliss-reactive ketones (excluding diaryl/α,β-unsaturated/α-hetero) is 1. The Hall–Kier alpha value is -4.14. The fraction of sp³-hybridized carbons (Fsp3) is 0.400. The lowest BCUT2D eigenvalue weighted by molar-refractivity contribution is -0.174. The van der Waals surface area contributed by atoms with E-state index < -0.39 is 46.6 Å². The molecule has 2 aromatic rings. The van der Waals surface area contributed by atoms with E-state index in [0.717, 1.165) is 5.56 Å². The molecule has 9 nitrogen and oxygen atoms in total. The first-order chi connectivity index (χ1) is 18.5. The van der Waals surface area contributed by atoms with Gasteiger partial charge in [-0.3, -0.25) is 14.4 Å². The average Bonchev–Trinajstić information content (AvgIpc) is 3.44. The molecule has 1 aromatic carbocycles. The maximum absolute atomic E-state index is 14.3. The van der Waals surface area contributed by atoms with Crippen LogP contribution >= 0.6 is 0 Å². The van der Waals surface area contributed by atoms with Crippen molar-refractivity contribution >= 4 is 23.6 Å². The van der Waals surface area contributed by atoms with Gasteiger partial charge in [0.25, 0.3) is 0 Å². The van der Waals surface area contributed by atoms with Crippen LogP contribution in [0.4, 0.5) is 0 Å². The number of carbonyl (C=O) groups is 4. The predicted octanol–water partition coefficient (Wildman–Crippen LogP) is 4.51. The molecular weight excluding hydrogens is 502 g/mol. The number of allylic oxidation sites excluding steroid dienone is 2. The minimum atomic E-state index is -0.838. The number of methoxy groups -OCH3 is 1. The van der Waals surface area contributed by atoms with Crippen molar-refractivity contribution in [3.63, 3.8) is 0 Å². The number of nitrogens with two attached hydrogens (primary N) is 1. The summed E-state index contributed by atoms with van der Waals surface area (Å²) in [6.45, 7) is 8.14. The van der Waals surface area contributed by atoms with Crippen molar-refractivity contribution in [1.29, 1.82) is 0 Å². The summed E-state index contributed by atoms with van der Waals surface area (Å²) in [7, 11) is 1.30. The Morgan fingerprint density at radius 1 is 1.13 bits per heavy atom. The lowest BCUT2D eigenvalue weighted by Crippen LogP contribution is -2.60. The highest BCUT2D eigenvalue weighted by Gasteiger charge is 2.65. The fourth-order valence-electron chi connectivity index (χ4n) is 7.03. The van der Waals surface area contributed by atoms with Gasteiger partial charge in [0, 0.05) is 23.0 Å². The number of hydrogen-bond acceptors (Lipinski definition) is 8. The number of primary amides is 1. The Labute approximate surface area is 226 Å². The molecule has 1 saturated heterocycles. The van der Waals surface area contributed by atoms with Gasteiger partial charge < -0.3 is 24.4 Å². The van der Waals surface area contributed by atoms with Crippen molar-refractivity contribution in [2.45, 2.75) is 39.2 Å². The van der Waals surface area contributed by atoms with E-state index in [9.17, 15) is 19.2 Å². The number of ketones is 1. The minimum Gasteiger partial charge on any atom is -0.490 e. The van der Waals surface area contributed by atoms with Gasteiger partial charge in [0.1, 0.15) is 6.10 Å². The average molecular weight is 534 g/mol. The summed E-state index contributed by atoms with van der Waals surface area (Å²) in [4.78, 5) is 52.1. The summed E-state index contributed by atoms with van der Waals surface area (Å²) in [5, 5.41) is 0. The van der Waals surface area contributed by atoms with E-state index in [2.05, 4.69) is 6.58 Å². The molecule has 0 unspecified atom stereocenters. The van der Waals surface area contributed by atoms with Gasteiger partial charge in [-0.2, -0.15) is 0 Å². The van der Waals surface area contributed by atoms with E-state index in [0.29, 0.717) is 25.0 Å². The first-order valence-corrected chi connectivity index (χ1v) is 12.8. The fourth-order valence-corrected chi connectivity index (χ4v) is 7.03. The minimum absolute atomic E-state index is 0.0511. The first-order valence-electron chi connectivity index (χ1n) is 12.8. The van der Waals surface area contributed by atoms with E-state index in [1.165, 1.54) is 37.5 Å². The monoisotopic (exact) mass is 533 g/mol. The summed E-state index contributed by atoms with van der Waals surface area (Å²) in [6.07, 6.45) is 5.87. The lowest BCUT2D eigenvalue weighted by atomic mass is 9.44. The molecule has 1 amide bonds. The largest absolute Gasteiger partial charge is 0.490 e. The number of fused-ring (bicyclic) bond motifs is 3. The van der Waals surface area contributed by atoms with E-state index in [-0.39, 0.29) is 28.6 Å². The van der Waals surface area contributed by atoms with Crippen LogP contribution in [0.2, 0.25) is 0 Å². The number of rotatable bonds is 5. The molecular formula is C30H31NO8. The highest BCUT2D eigenvalue weighted by molar-refractivity contribution is 6.03. The highest BCUT2D eigenvalue weighted by atomic mass is 16.5. The SMILES string of the molecule is C=C1O[C@H](c2ccoc2)C[C@]2(C)[C@H]3C(=O)C(OC(=O)c4cccc(C(N)=O)c4)=C[C@@H](C(=O)OC)[C@]3(C)CC[C@@H]12. The molecule has 1 aliphatic heterocycles. The van der Waals surface area contributed by atoms with Crippen molar-refractivity contribution < 1.29 is 37.8 Å². The molecule has 1 aromatic heterocycles. The van der Waals surface area contributed by atoms with Gasteiger partial charge in [0.15, 0.2) is 5.76 Å². The summed E-state index contributed by atoms with van der Waals surface area (Å²) in [6, 6.07) is 7.55. The summed E-state index contributed by atoms with van der Waals surface area (Å²) in [5.41, 5.74) is 4.88. The number of carbonyl (C=O) groups excluding carboxylic acids is 4. The van der Waals surface area contributed by atoms with Gasteiger partial charge in [-0.25, -0.2) is 4.79 Å². The third-order valence-electron chi connectivity index (χ3n) is 8.88. The molecule has 5 rings (SSSR count). The molecule has 204 valence electrons. The van der Waals surface area contributed by atoms with Crippen LogP contribution in [0.15, 0.2) is 71.4 Å². The molecule has 1 saturated carbocycles. The van der Waals surface area contributed by atoms with E-state index in [1.807, 2.05) is 19.9 Å². The number of ether oxygens (including phenoxy) is 3. The topological polar surface area (TPSA) is 135 Å². The Bertz CT molecular complexity index is 1390. The van der Waals surface area contributed by atoms with Crippen molar-refractivity contribution in [3.8, 4) is 0 Å². The molecule has 2 fully saturated rings. The highest BCUT2D eigenvalue weighted by Crippen LogP contribution is 2.66. The zero-order valence-corrected chi connectivity index (χ0v) is 22.1. The van der Waals surface area contributed by atoms with Crippen LogP contribution in [-0.2, 0) is 23.8 Å². The Morgan fingerprint density at radius 2 is 1.87 bits per heavy atom. The molecule has 0 bridgehead atoms. The van der Waals surface area contributed by atoms with Crippen LogP contribution in [0.3, 0.4) is 0 Å². The van der Waals surface area contributed by atoms with Crippen molar-refractivity contribution in [2.24, 2.45) is 34.3 Å². The molecule has 0 radical (unpaired) electrons. The van der Waals surface area contributed by atoms with Crippen LogP contribution < -0.4 is 5.73 Å². The van der Waals surface area contributed by atoms with Crippen LogP contribution in [0, 0.1) is 28.6 Å². The first kappa shape index (κ1) is 26.5. The lowest BCUT2D eigenvalue weighted by Gasteiger charge is -2.60. The number of esters is 2. The van der Waals surface area contributed by atoms with Gasteiger partial charge in [0.05, 0.1) is 36.9 Å². The third kappa shape index (κ3) is 4.26. The molecule has 3 aliphatic rings.